The van der Waals surface area contributed by atoms with Gasteiger partial charge in [0.05, 0.1) is 13.0 Å². The standard InChI is InChI=1S/C42H38N4O6/c1-27(2)46(32-21-23-33(52-3)24-22-32)36(47)26-45-35-20-11-10-19-34(35)37(28-13-6-4-7-14-28)40(49)38(41(45)50)44-42(51)43-31-18-12-17-30(25-31)39(48)29-15-8-5-9-16-29/h4-25,27,37-38H,26H2,1-3H3,(H2,43,44,51)/t37?,38-/m0/s1. The van der Waals surface area contributed by atoms with Crippen LogP contribution in [0.4, 0.5) is 21.9 Å². The highest BCUT2D eigenvalue weighted by atomic mass is 16.5. The first-order valence-electron chi connectivity index (χ1n) is 16.9. The van der Waals surface area contributed by atoms with Crippen LogP contribution in [0.3, 0.4) is 0 Å². The summed E-state index contributed by atoms with van der Waals surface area (Å²) in [5, 5.41) is 5.29. The van der Waals surface area contributed by atoms with Gasteiger partial charge in [-0.15, -0.1) is 0 Å². The summed E-state index contributed by atoms with van der Waals surface area (Å²) in [4.78, 5) is 72.8. The van der Waals surface area contributed by atoms with Crippen LogP contribution in [-0.4, -0.2) is 55.2 Å². The van der Waals surface area contributed by atoms with Crippen LogP contribution in [0.25, 0.3) is 0 Å². The van der Waals surface area contributed by atoms with E-state index in [-0.39, 0.29) is 17.5 Å². The zero-order valence-electron chi connectivity index (χ0n) is 29.0. The van der Waals surface area contributed by atoms with Gasteiger partial charge in [-0.3, -0.25) is 19.2 Å². The molecule has 0 saturated carbocycles. The Bertz CT molecular complexity index is 2100. The number of urea groups is 1. The first kappa shape index (κ1) is 35.3. The lowest BCUT2D eigenvalue weighted by atomic mass is 9.85. The number of hydrogen-bond donors (Lipinski definition) is 2. The van der Waals surface area contributed by atoms with E-state index >= 15 is 0 Å². The number of anilines is 3. The third-order valence-corrected chi connectivity index (χ3v) is 8.88. The number of ether oxygens (including phenoxy) is 1. The van der Waals surface area contributed by atoms with Crippen molar-refractivity contribution in [1.29, 1.82) is 0 Å². The highest BCUT2D eigenvalue weighted by Gasteiger charge is 2.44. The maximum absolute atomic E-state index is 14.6. The van der Waals surface area contributed by atoms with Gasteiger partial charge < -0.3 is 25.2 Å². The van der Waals surface area contributed by atoms with E-state index in [1.54, 1.807) is 127 Å². The first-order valence-corrected chi connectivity index (χ1v) is 16.9. The molecule has 0 fully saturated rings. The molecule has 0 aromatic heterocycles. The Morgan fingerprint density at radius 2 is 1.40 bits per heavy atom. The molecule has 1 aliphatic heterocycles. The Kier molecular flexibility index (Phi) is 10.6. The number of Topliss-reactive ketones (excluding diaryl/α,β-unsaturated/α-hetero) is 1. The fourth-order valence-electron chi connectivity index (χ4n) is 6.46. The smallest absolute Gasteiger partial charge is 0.320 e. The van der Waals surface area contributed by atoms with Crippen molar-refractivity contribution in [3.8, 4) is 5.75 Å². The van der Waals surface area contributed by atoms with Crippen molar-refractivity contribution in [3.63, 3.8) is 0 Å². The van der Waals surface area contributed by atoms with Gasteiger partial charge in [0.15, 0.2) is 17.6 Å². The summed E-state index contributed by atoms with van der Waals surface area (Å²) in [5.41, 5.74) is 3.27. The van der Waals surface area contributed by atoms with Gasteiger partial charge in [0.2, 0.25) is 5.91 Å². The van der Waals surface area contributed by atoms with E-state index in [2.05, 4.69) is 10.6 Å². The molecule has 0 aliphatic carbocycles. The Balaban J connectivity index is 1.33. The average molecular weight is 695 g/mol. The molecule has 1 heterocycles. The minimum absolute atomic E-state index is 0.229. The Morgan fingerprint density at radius 1 is 0.769 bits per heavy atom. The van der Waals surface area contributed by atoms with Crippen molar-refractivity contribution in [2.24, 2.45) is 0 Å². The van der Waals surface area contributed by atoms with Crippen molar-refractivity contribution in [1.82, 2.24) is 5.32 Å². The molecule has 10 nitrogen and oxygen atoms in total. The summed E-state index contributed by atoms with van der Waals surface area (Å²) in [6, 6.07) is 35.4. The first-order chi connectivity index (χ1) is 25.2. The van der Waals surface area contributed by atoms with Crippen LogP contribution in [0.5, 0.6) is 5.75 Å². The maximum Gasteiger partial charge on any atom is 0.320 e. The van der Waals surface area contributed by atoms with Gasteiger partial charge in [-0.2, -0.15) is 0 Å². The number of amides is 4. The Labute approximate surface area is 302 Å². The van der Waals surface area contributed by atoms with Crippen LogP contribution in [-0.2, 0) is 14.4 Å². The number of methoxy groups -OCH3 is 1. The predicted molar refractivity (Wildman–Crippen MR) is 200 cm³/mol. The number of nitrogens with zero attached hydrogens (tertiary/aromatic N) is 2. The van der Waals surface area contributed by atoms with Gasteiger partial charge >= 0.3 is 6.03 Å². The molecule has 0 radical (unpaired) electrons. The Hall–Kier alpha value is -6.55. The molecule has 5 aromatic rings. The van der Waals surface area contributed by atoms with Gasteiger partial charge in [-0.1, -0.05) is 91.0 Å². The topological polar surface area (TPSA) is 125 Å². The predicted octanol–water partition coefficient (Wildman–Crippen LogP) is 6.61. The second-order valence-corrected chi connectivity index (χ2v) is 12.6. The molecule has 5 aromatic carbocycles. The van der Waals surface area contributed by atoms with Crippen LogP contribution in [0.1, 0.15) is 46.8 Å². The number of rotatable bonds is 10. The fraction of sp³-hybridized carbons (Fsp3) is 0.167. The number of carbonyl (C=O) groups is 5. The van der Waals surface area contributed by atoms with E-state index < -0.39 is 42.1 Å². The molecule has 52 heavy (non-hydrogen) atoms. The van der Waals surface area contributed by atoms with Crippen LogP contribution >= 0.6 is 0 Å². The molecule has 262 valence electrons. The number of ketones is 2. The number of nitrogens with one attached hydrogen (secondary N) is 2. The molecular formula is C42H38N4O6. The SMILES string of the molecule is COc1ccc(N(C(=O)CN2C(=O)[C@@H](NC(=O)Nc3cccc(C(=O)c4ccccc4)c3)C(=O)C(c3ccccc3)c3ccccc32)C(C)C)cc1. The molecule has 2 N–H and O–H groups in total. The lowest BCUT2D eigenvalue weighted by Crippen LogP contribution is -2.55. The quantitative estimate of drug-likeness (QED) is 0.125. The molecule has 1 unspecified atom stereocenters. The second kappa shape index (κ2) is 15.6. The van der Waals surface area contributed by atoms with Gasteiger partial charge in [-0.25, -0.2) is 4.79 Å². The van der Waals surface area contributed by atoms with Crippen LogP contribution in [0, 0.1) is 0 Å². The van der Waals surface area contributed by atoms with Crippen molar-refractivity contribution in [3.05, 3.63) is 156 Å². The molecule has 10 heteroatoms. The molecule has 2 atom stereocenters. The largest absolute Gasteiger partial charge is 0.497 e. The van der Waals surface area contributed by atoms with Gasteiger partial charge in [0.1, 0.15) is 12.3 Å². The van der Waals surface area contributed by atoms with Crippen LogP contribution in [0.15, 0.2) is 133 Å². The van der Waals surface area contributed by atoms with E-state index in [0.717, 1.165) is 0 Å². The van der Waals surface area contributed by atoms with Crippen molar-refractivity contribution >= 4 is 46.5 Å². The van der Waals surface area contributed by atoms with E-state index in [9.17, 15) is 24.0 Å². The van der Waals surface area contributed by atoms with Gasteiger partial charge in [0.25, 0.3) is 5.91 Å². The lowest BCUT2D eigenvalue weighted by Gasteiger charge is -2.31. The average Bonchev–Trinajstić information content (AvgIpc) is 3.24. The van der Waals surface area contributed by atoms with Crippen molar-refractivity contribution in [2.45, 2.75) is 31.8 Å². The third kappa shape index (κ3) is 7.46. The Morgan fingerprint density at radius 3 is 2.08 bits per heavy atom. The van der Waals surface area contributed by atoms with Crippen LogP contribution in [0.2, 0.25) is 0 Å². The minimum atomic E-state index is -1.66. The number of para-hydroxylation sites is 1. The minimum Gasteiger partial charge on any atom is -0.497 e. The van der Waals surface area contributed by atoms with Crippen molar-refractivity contribution < 1.29 is 28.7 Å². The maximum atomic E-state index is 14.6. The zero-order valence-corrected chi connectivity index (χ0v) is 29.0. The summed E-state index contributed by atoms with van der Waals surface area (Å²) < 4.78 is 5.29. The second-order valence-electron chi connectivity index (χ2n) is 12.6. The normalized spacial score (nSPS) is 15.3. The van der Waals surface area contributed by atoms with E-state index in [0.29, 0.717) is 39.4 Å². The molecule has 0 saturated heterocycles. The molecule has 0 spiro atoms. The van der Waals surface area contributed by atoms with Crippen LogP contribution < -0.4 is 25.2 Å². The van der Waals surface area contributed by atoms with E-state index in [4.69, 9.17) is 4.74 Å². The summed E-state index contributed by atoms with van der Waals surface area (Å²) in [6.07, 6.45) is 0. The summed E-state index contributed by atoms with van der Waals surface area (Å²) >= 11 is 0. The molecule has 0 bridgehead atoms. The monoisotopic (exact) mass is 694 g/mol. The van der Waals surface area contributed by atoms with Gasteiger partial charge in [0, 0.05) is 34.2 Å². The molecule has 4 amide bonds. The zero-order chi connectivity index (χ0) is 36.8. The summed E-state index contributed by atoms with van der Waals surface area (Å²) in [6.45, 7) is 3.33. The van der Waals surface area contributed by atoms with Crippen molar-refractivity contribution in [2.75, 3.05) is 28.8 Å². The van der Waals surface area contributed by atoms with E-state index in [1.165, 1.54) is 11.0 Å². The number of carbonyl (C=O) groups excluding carboxylic acids is 5. The number of benzene rings is 5. The summed E-state index contributed by atoms with van der Waals surface area (Å²) in [5.74, 6) is -2.24. The molecule has 6 rings (SSSR count). The highest BCUT2D eigenvalue weighted by molar-refractivity contribution is 6.20. The molecule has 1 aliphatic rings. The van der Waals surface area contributed by atoms with Gasteiger partial charge in [-0.05, 0) is 67.4 Å². The highest BCUT2D eigenvalue weighted by Crippen LogP contribution is 2.37. The number of hydrogen-bond acceptors (Lipinski definition) is 6. The third-order valence-electron chi connectivity index (χ3n) is 8.88. The summed E-state index contributed by atoms with van der Waals surface area (Å²) in [7, 11) is 1.56. The molecular weight excluding hydrogens is 656 g/mol. The fourth-order valence-corrected chi connectivity index (χ4v) is 6.46. The van der Waals surface area contributed by atoms with E-state index in [1.807, 2.05) is 26.0 Å². The lowest BCUT2D eigenvalue weighted by molar-refractivity contribution is -0.130. The number of fused-ring (bicyclic) bond motifs is 1.